The van der Waals surface area contributed by atoms with Crippen LogP contribution in [0.4, 0.5) is 0 Å². The molecule has 2 aliphatic carbocycles. The number of allylic oxidation sites excluding steroid dienone is 6. The Labute approximate surface area is 281 Å². The van der Waals surface area contributed by atoms with Gasteiger partial charge in [-0.25, -0.2) is 0 Å². The average molecular weight is 666 g/mol. The van der Waals surface area contributed by atoms with Crippen molar-refractivity contribution in [2.24, 2.45) is 0 Å². The molecule has 0 heterocycles. The van der Waals surface area contributed by atoms with E-state index in [1.54, 1.807) is 48.5 Å². The second kappa shape index (κ2) is 13.4. The van der Waals surface area contributed by atoms with Gasteiger partial charge in [0, 0.05) is 44.2 Å². The molecule has 4 aromatic rings. The summed E-state index contributed by atoms with van der Waals surface area (Å²) in [6, 6.07) is 24.6. The maximum atomic E-state index is 13.1. The molecule has 4 aromatic carbocycles. The van der Waals surface area contributed by atoms with E-state index in [0.717, 1.165) is 45.9 Å². The summed E-state index contributed by atoms with van der Waals surface area (Å²) < 4.78 is 0. The molecule has 0 aliphatic heterocycles. The van der Waals surface area contributed by atoms with Gasteiger partial charge in [-0.2, -0.15) is 0 Å². The highest BCUT2D eigenvalue weighted by atomic mass is 35.5. The van der Waals surface area contributed by atoms with Crippen LogP contribution in [0.5, 0.6) is 11.5 Å². The van der Waals surface area contributed by atoms with Crippen LogP contribution in [-0.2, 0) is 16.0 Å². The van der Waals surface area contributed by atoms with Crippen LogP contribution in [0, 0.1) is 0 Å². The van der Waals surface area contributed by atoms with Gasteiger partial charge in [-0.3, -0.25) is 9.59 Å². The Hall–Kier alpha value is -5.04. The first-order valence-electron chi connectivity index (χ1n) is 15.0. The van der Waals surface area contributed by atoms with E-state index in [9.17, 15) is 30.0 Å². The van der Waals surface area contributed by atoms with Crippen LogP contribution in [-0.4, -0.2) is 32.0 Å². The van der Waals surface area contributed by atoms with E-state index in [0.29, 0.717) is 40.4 Å². The van der Waals surface area contributed by atoms with Gasteiger partial charge in [0.25, 0.3) is 0 Å². The monoisotopic (exact) mass is 664 g/mol. The van der Waals surface area contributed by atoms with E-state index in [1.807, 2.05) is 36.4 Å². The summed E-state index contributed by atoms with van der Waals surface area (Å²) >= 11 is 12.1. The standard InChI is InChI=1S/C39H30Cl2O6/c40-28-7-3-24(4-8-28)26-16-30(34(20-42)38(46)18-26)32-14-22(1-11-36(32)44)13-23-2-12-37(45)33(15-23)31-17-27(19-39(47)35(31)21-43)25-5-9-29(41)10-6-25/h1-12,14-15,18-21,30-31,42-45H,13,16-17H2/b34-20-,35-21-. The Morgan fingerprint density at radius 3 is 1.34 bits per heavy atom. The molecule has 0 saturated heterocycles. The van der Waals surface area contributed by atoms with Gasteiger partial charge >= 0.3 is 0 Å². The van der Waals surface area contributed by atoms with Crippen LogP contribution < -0.4 is 0 Å². The molecule has 6 nitrogen and oxygen atoms in total. The third-order valence-corrected chi connectivity index (χ3v) is 9.33. The van der Waals surface area contributed by atoms with Crippen LogP contribution >= 0.6 is 23.2 Å². The normalized spacial score (nSPS) is 20.0. The van der Waals surface area contributed by atoms with E-state index < -0.39 is 11.8 Å². The number of carbonyl (C=O) groups is 2. The number of aliphatic hydroxyl groups excluding tert-OH is 2. The fourth-order valence-corrected chi connectivity index (χ4v) is 6.67. The van der Waals surface area contributed by atoms with Crippen LogP contribution in [0.15, 0.2) is 121 Å². The number of hydrogen-bond donors (Lipinski definition) is 4. The van der Waals surface area contributed by atoms with Crippen molar-refractivity contribution in [1.82, 2.24) is 0 Å². The SMILES string of the molecule is O=C1C=C(c2ccc(Cl)cc2)CC(c2cc(Cc3ccc(O)c(C4CC(c5ccc(Cl)cc5)=CC(=O)/C4=C\O)c3)ccc2O)/C1=C/O. The van der Waals surface area contributed by atoms with Gasteiger partial charge in [0.2, 0.25) is 0 Å². The Balaban J connectivity index is 1.31. The number of aromatic hydroxyl groups is 2. The third kappa shape index (κ3) is 6.61. The number of benzene rings is 4. The molecule has 2 aliphatic rings. The lowest BCUT2D eigenvalue weighted by molar-refractivity contribution is -0.112. The van der Waals surface area contributed by atoms with Gasteiger partial charge in [0.15, 0.2) is 11.6 Å². The van der Waals surface area contributed by atoms with Gasteiger partial charge in [0.1, 0.15) is 11.5 Å². The number of hydrogen-bond acceptors (Lipinski definition) is 6. The summed E-state index contributed by atoms with van der Waals surface area (Å²) in [6.07, 6.45) is 5.76. The maximum absolute atomic E-state index is 13.1. The minimum atomic E-state index is -0.595. The largest absolute Gasteiger partial charge is 0.515 e. The molecule has 6 rings (SSSR count). The van der Waals surface area contributed by atoms with E-state index in [4.69, 9.17) is 23.2 Å². The summed E-state index contributed by atoms with van der Waals surface area (Å²) in [6.45, 7) is 0. The molecular formula is C39H30Cl2O6. The summed E-state index contributed by atoms with van der Waals surface area (Å²) in [5, 5.41) is 43.1. The van der Waals surface area contributed by atoms with Crippen molar-refractivity contribution < 1.29 is 30.0 Å². The highest BCUT2D eigenvalue weighted by Crippen LogP contribution is 2.44. The predicted octanol–water partition coefficient (Wildman–Crippen LogP) is 9.16. The number of aliphatic hydroxyl groups is 2. The van der Waals surface area contributed by atoms with Crippen molar-refractivity contribution in [2.45, 2.75) is 31.1 Å². The fourth-order valence-electron chi connectivity index (χ4n) is 6.42. The molecule has 0 bridgehead atoms. The number of phenolic OH excluding ortho intramolecular Hbond substituents is 2. The Morgan fingerprint density at radius 2 is 0.979 bits per heavy atom. The van der Waals surface area contributed by atoms with E-state index >= 15 is 0 Å². The first kappa shape index (κ1) is 31.9. The zero-order valence-corrected chi connectivity index (χ0v) is 26.5. The van der Waals surface area contributed by atoms with Crippen molar-refractivity contribution in [3.05, 3.63) is 164 Å². The molecule has 0 fully saturated rings. The third-order valence-electron chi connectivity index (χ3n) is 8.83. The topological polar surface area (TPSA) is 115 Å². The summed E-state index contributed by atoms with van der Waals surface area (Å²) in [5.41, 5.74) is 6.16. The average Bonchev–Trinajstić information content (AvgIpc) is 3.06. The molecule has 47 heavy (non-hydrogen) atoms. The van der Waals surface area contributed by atoms with Crippen molar-refractivity contribution in [3.8, 4) is 11.5 Å². The molecule has 236 valence electrons. The van der Waals surface area contributed by atoms with E-state index in [-0.39, 0.29) is 34.2 Å². The predicted molar refractivity (Wildman–Crippen MR) is 184 cm³/mol. The van der Waals surface area contributed by atoms with Crippen LogP contribution in [0.3, 0.4) is 0 Å². The van der Waals surface area contributed by atoms with Crippen LogP contribution in [0.2, 0.25) is 10.0 Å². The number of rotatable bonds is 6. The molecule has 2 atom stereocenters. The molecule has 0 spiro atoms. The summed E-state index contributed by atoms with van der Waals surface area (Å²) in [7, 11) is 0. The molecule has 2 unspecified atom stereocenters. The van der Waals surface area contributed by atoms with Crippen molar-refractivity contribution in [2.75, 3.05) is 0 Å². The number of carbonyl (C=O) groups excluding carboxylic acids is 2. The minimum Gasteiger partial charge on any atom is -0.515 e. The van der Waals surface area contributed by atoms with Crippen molar-refractivity contribution in [1.29, 1.82) is 0 Å². The minimum absolute atomic E-state index is 0.00499. The van der Waals surface area contributed by atoms with Gasteiger partial charge in [-0.1, -0.05) is 71.7 Å². The summed E-state index contributed by atoms with van der Waals surface area (Å²) in [5.74, 6) is -1.89. The molecule has 0 saturated carbocycles. The fraction of sp³-hybridized carbons (Fsp3) is 0.128. The smallest absolute Gasteiger partial charge is 0.185 e. The Bertz CT molecular complexity index is 1860. The van der Waals surface area contributed by atoms with Gasteiger partial charge in [0.05, 0.1) is 12.5 Å². The maximum Gasteiger partial charge on any atom is 0.185 e. The van der Waals surface area contributed by atoms with Crippen LogP contribution in [0.1, 0.15) is 58.1 Å². The number of ketones is 2. The van der Waals surface area contributed by atoms with Crippen molar-refractivity contribution >= 4 is 45.9 Å². The highest BCUT2D eigenvalue weighted by molar-refractivity contribution is 6.31. The zero-order valence-electron chi connectivity index (χ0n) is 25.0. The van der Waals surface area contributed by atoms with Gasteiger partial charge < -0.3 is 20.4 Å². The van der Waals surface area contributed by atoms with Crippen LogP contribution in [0.25, 0.3) is 11.1 Å². The second-order valence-electron chi connectivity index (χ2n) is 11.7. The lowest BCUT2D eigenvalue weighted by Gasteiger charge is -2.26. The van der Waals surface area contributed by atoms with E-state index in [1.165, 1.54) is 12.2 Å². The highest BCUT2D eigenvalue weighted by Gasteiger charge is 2.32. The number of halogens is 2. The Morgan fingerprint density at radius 1 is 0.596 bits per heavy atom. The molecule has 8 heteroatoms. The first-order valence-corrected chi connectivity index (χ1v) is 15.7. The Kier molecular flexibility index (Phi) is 9.08. The lowest BCUT2D eigenvalue weighted by atomic mass is 9.76. The molecular weight excluding hydrogens is 635 g/mol. The molecule has 0 amide bonds. The molecule has 4 N–H and O–H groups in total. The summed E-state index contributed by atoms with van der Waals surface area (Å²) in [4.78, 5) is 26.2. The molecule has 0 aromatic heterocycles. The zero-order chi connectivity index (χ0) is 33.2. The second-order valence-corrected chi connectivity index (χ2v) is 12.6. The quantitative estimate of drug-likeness (QED) is 0.121. The van der Waals surface area contributed by atoms with Crippen molar-refractivity contribution in [3.63, 3.8) is 0 Å². The van der Waals surface area contributed by atoms with Gasteiger partial charge in [-0.15, -0.1) is 0 Å². The lowest BCUT2D eigenvalue weighted by Crippen LogP contribution is -2.17. The first-order chi connectivity index (χ1) is 22.6. The molecule has 0 radical (unpaired) electrons. The van der Waals surface area contributed by atoms with E-state index in [2.05, 4.69) is 0 Å². The number of phenols is 2. The van der Waals surface area contributed by atoms with Gasteiger partial charge in [-0.05, 0) is 101 Å².